The molecule has 0 fully saturated rings. The van der Waals surface area contributed by atoms with Crippen LogP contribution in [0.4, 0.5) is 0 Å². The van der Waals surface area contributed by atoms with Crippen LogP contribution in [0.15, 0.2) is 70.1 Å². The van der Waals surface area contributed by atoms with Crippen molar-refractivity contribution in [2.24, 2.45) is 0 Å². The van der Waals surface area contributed by atoms with Gasteiger partial charge in [-0.3, -0.25) is 9.59 Å². The number of aromatic amines is 1. The Morgan fingerprint density at radius 1 is 1.15 bits per heavy atom. The minimum atomic E-state index is -0.529. The summed E-state index contributed by atoms with van der Waals surface area (Å²) in [6.07, 6.45) is 1.51. The summed E-state index contributed by atoms with van der Waals surface area (Å²) in [5, 5.41) is 12.4. The summed E-state index contributed by atoms with van der Waals surface area (Å²) in [4.78, 5) is 27.4. The zero-order valence-corrected chi connectivity index (χ0v) is 14.3. The maximum atomic E-state index is 12.5. The van der Waals surface area contributed by atoms with E-state index in [0.717, 1.165) is 5.56 Å². The van der Waals surface area contributed by atoms with E-state index in [1.165, 1.54) is 12.3 Å². The van der Waals surface area contributed by atoms with Crippen LogP contribution in [0.25, 0.3) is 11.5 Å². The van der Waals surface area contributed by atoms with Crippen LogP contribution in [0.5, 0.6) is 0 Å². The number of hydrogen-bond donors (Lipinski definition) is 3. The van der Waals surface area contributed by atoms with Crippen LogP contribution >= 0.6 is 0 Å². The maximum absolute atomic E-state index is 12.5. The lowest BCUT2D eigenvalue weighted by Gasteiger charge is -2.23. The van der Waals surface area contributed by atoms with E-state index in [4.69, 9.17) is 4.42 Å². The zero-order valence-electron chi connectivity index (χ0n) is 14.3. The number of aromatic nitrogens is 1. The van der Waals surface area contributed by atoms with Crippen molar-refractivity contribution in [1.82, 2.24) is 10.3 Å². The van der Waals surface area contributed by atoms with Crippen molar-refractivity contribution in [3.05, 3.63) is 82.3 Å². The number of aliphatic hydroxyl groups is 1. The van der Waals surface area contributed by atoms with E-state index < -0.39 is 17.5 Å². The fourth-order valence-electron chi connectivity index (χ4n) is 2.79. The number of carbonyl (C=O) groups is 1. The number of H-pyrrole nitrogens is 1. The number of benzene rings is 1. The SMILES string of the molecule is C[C@H](c1ccccc1)[C@@H](CO)NC(=O)c1ccc(-c2ccco2)[nH]c1=O. The third-order valence-corrected chi connectivity index (χ3v) is 4.38. The molecule has 1 aromatic carbocycles. The molecular formula is C20H20N2O4. The van der Waals surface area contributed by atoms with Gasteiger partial charge in [0.15, 0.2) is 0 Å². The summed E-state index contributed by atoms with van der Waals surface area (Å²) in [6.45, 7) is 1.69. The lowest BCUT2D eigenvalue weighted by molar-refractivity contribution is 0.0906. The first kappa shape index (κ1) is 17.7. The van der Waals surface area contributed by atoms with Crippen molar-refractivity contribution in [2.45, 2.75) is 18.9 Å². The second-order valence-electron chi connectivity index (χ2n) is 6.05. The molecule has 2 atom stereocenters. The van der Waals surface area contributed by atoms with Gasteiger partial charge in [-0.15, -0.1) is 0 Å². The fourth-order valence-corrected chi connectivity index (χ4v) is 2.79. The molecule has 0 aliphatic rings. The van der Waals surface area contributed by atoms with Gasteiger partial charge in [-0.2, -0.15) is 0 Å². The normalized spacial score (nSPS) is 13.2. The Hall–Kier alpha value is -3.12. The zero-order chi connectivity index (χ0) is 18.5. The van der Waals surface area contributed by atoms with Gasteiger partial charge in [-0.05, 0) is 29.8 Å². The summed E-state index contributed by atoms with van der Waals surface area (Å²) in [7, 11) is 0. The molecule has 0 aliphatic heterocycles. The van der Waals surface area contributed by atoms with Crippen LogP contribution in [0.3, 0.4) is 0 Å². The first-order valence-corrected chi connectivity index (χ1v) is 8.34. The third kappa shape index (κ3) is 3.75. The second kappa shape index (κ2) is 7.84. The van der Waals surface area contributed by atoms with E-state index in [2.05, 4.69) is 10.3 Å². The van der Waals surface area contributed by atoms with Crippen molar-refractivity contribution in [2.75, 3.05) is 6.61 Å². The van der Waals surface area contributed by atoms with Crippen LogP contribution in [0.2, 0.25) is 0 Å². The number of amides is 1. The fraction of sp³-hybridized carbons (Fsp3) is 0.200. The third-order valence-electron chi connectivity index (χ3n) is 4.38. The lowest BCUT2D eigenvalue weighted by Crippen LogP contribution is -2.42. The van der Waals surface area contributed by atoms with Crippen molar-refractivity contribution >= 4 is 5.91 Å². The summed E-state index contributed by atoms with van der Waals surface area (Å²) in [5.74, 6) is -0.120. The molecule has 3 N–H and O–H groups in total. The molecule has 0 saturated heterocycles. The Morgan fingerprint density at radius 3 is 2.54 bits per heavy atom. The Bertz CT molecular complexity index is 916. The molecule has 3 rings (SSSR count). The molecule has 0 saturated carbocycles. The quantitative estimate of drug-likeness (QED) is 0.635. The Labute approximate surface area is 150 Å². The van der Waals surface area contributed by atoms with Gasteiger partial charge in [0.25, 0.3) is 11.5 Å². The summed E-state index contributed by atoms with van der Waals surface area (Å²) in [5.41, 5.74) is 0.960. The Kier molecular flexibility index (Phi) is 5.34. The molecule has 0 radical (unpaired) electrons. The predicted octanol–water partition coefficient (Wildman–Crippen LogP) is 2.53. The predicted molar refractivity (Wildman–Crippen MR) is 98.0 cm³/mol. The number of aliphatic hydroxyl groups excluding tert-OH is 1. The van der Waals surface area contributed by atoms with Gasteiger partial charge in [-0.1, -0.05) is 37.3 Å². The molecule has 2 heterocycles. The highest BCUT2D eigenvalue weighted by atomic mass is 16.3. The van der Waals surface area contributed by atoms with E-state index in [-0.39, 0.29) is 18.1 Å². The molecule has 6 heteroatoms. The van der Waals surface area contributed by atoms with Crippen LogP contribution in [-0.2, 0) is 0 Å². The van der Waals surface area contributed by atoms with Gasteiger partial charge in [0.05, 0.1) is 24.6 Å². The maximum Gasteiger partial charge on any atom is 0.261 e. The summed E-state index contributed by atoms with van der Waals surface area (Å²) >= 11 is 0. The van der Waals surface area contributed by atoms with Crippen molar-refractivity contribution in [3.63, 3.8) is 0 Å². The molecule has 2 aromatic heterocycles. The van der Waals surface area contributed by atoms with Gasteiger partial charge in [0.2, 0.25) is 0 Å². The van der Waals surface area contributed by atoms with E-state index >= 15 is 0 Å². The van der Waals surface area contributed by atoms with E-state index in [0.29, 0.717) is 11.5 Å². The van der Waals surface area contributed by atoms with Gasteiger partial charge in [0.1, 0.15) is 11.3 Å². The smallest absolute Gasteiger partial charge is 0.261 e. The average molecular weight is 352 g/mol. The number of pyridine rings is 1. The molecule has 0 bridgehead atoms. The number of hydrogen-bond acceptors (Lipinski definition) is 4. The highest BCUT2D eigenvalue weighted by molar-refractivity contribution is 5.94. The number of carbonyl (C=O) groups excluding carboxylic acids is 1. The van der Waals surface area contributed by atoms with E-state index in [9.17, 15) is 14.7 Å². The second-order valence-corrected chi connectivity index (χ2v) is 6.05. The molecule has 0 spiro atoms. The van der Waals surface area contributed by atoms with Crippen LogP contribution < -0.4 is 10.9 Å². The van der Waals surface area contributed by atoms with Crippen molar-refractivity contribution in [3.8, 4) is 11.5 Å². The van der Waals surface area contributed by atoms with Crippen molar-refractivity contribution in [1.29, 1.82) is 0 Å². The first-order chi connectivity index (χ1) is 12.6. The molecule has 3 aromatic rings. The average Bonchev–Trinajstić information content (AvgIpc) is 3.20. The standard InChI is InChI=1S/C20H20N2O4/c1-13(14-6-3-2-4-7-14)17(12-23)22-20(25)15-9-10-16(21-19(15)24)18-8-5-11-26-18/h2-11,13,17,23H,12H2,1H3,(H,21,24)(H,22,25)/t13-,17-/m1/s1. The van der Waals surface area contributed by atoms with Gasteiger partial charge in [0, 0.05) is 5.92 Å². The number of nitrogens with one attached hydrogen (secondary N) is 2. The summed E-state index contributed by atoms with van der Waals surface area (Å²) < 4.78 is 5.23. The van der Waals surface area contributed by atoms with E-state index in [1.807, 2.05) is 37.3 Å². The number of rotatable bonds is 6. The Morgan fingerprint density at radius 2 is 1.92 bits per heavy atom. The Balaban J connectivity index is 1.77. The highest BCUT2D eigenvalue weighted by Crippen LogP contribution is 2.19. The molecular weight excluding hydrogens is 332 g/mol. The topological polar surface area (TPSA) is 95.3 Å². The van der Waals surface area contributed by atoms with E-state index in [1.54, 1.807) is 18.2 Å². The monoisotopic (exact) mass is 352 g/mol. The van der Waals surface area contributed by atoms with Gasteiger partial charge < -0.3 is 19.8 Å². The minimum absolute atomic E-state index is 0.0148. The minimum Gasteiger partial charge on any atom is -0.463 e. The van der Waals surface area contributed by atoms with Gasteiger partial charge >= 0.3 is 0 Å². The molecule has 0 aliphatic carbocycles. The van der Waals surface area contributed by atoms with Crippen LogP contribution in [0.1, 0.15) is 28.8 Å². The lowest BCUT2D eigenvalue weighted by atomic mass is 9.93. The molecule has 26 heavy (non-hydrogen) atoms. The first-order valence-electron chi connectivity index (χ1n) is 8.34. The van der Waals surface area contributed by atoms with Crippen LogP contribution in [-0.4, -0.2) is 28.6 Å². The largest absolute Gasteiger partial charge is 0.463 e. The van der Waals surface area contributed by atoms with Crippen LogP contribution in [0, 0.1) is 0 Å². The van der Waals surface area contributed by atoms with Crippen molar-refractivity contribution < 1.29 is 14.3 Å². The molecule has 0 unspecified atom stereocenters. The highest BCUT2D eigenvalue weighted by Gasteiger charge is 2.22. The number of furan rings is 1. The molecule has 1 amide bonds. The summed E-state index contributed by atoms with van der Waals surface area (Å²) in [6, 6.07) is 15.6. The molecule has 134 valence electrons. The van der Waals surface area contributed by atoms with Gasteiger partial charge in [-0.25, -0.2) is 0 Å². The molecule has 6 nitrogen and oxygen atoms in total.